The van der Waals surface area contributed by atoms with E-state index < -0.39 is 29.2 Å². The Morgan fingerprint density at radius 1 is 1.32 bits per heavy atom. The van der Waals surface area contributed by atoms with Crippen LogP contribution >= 0.6 is 0 Å². The lowest BCUT2D eigenvalue weighted by Crippen LogP contribution is -2.52. The molecule has 100 valence electrons. The molecule has 1 aromatic rings. The van der Waals surface area contributed by atoms with Gasteiger partial charge in [-0.1, -0.05) is 37.3 Å². The van der Waals surface area contributed by atoms with E-state index in [1.165, 1.54) is 6.92 Å². The molecule has 2 unspecified atom stereocenters. The molecule has 2 amide bonds. The molecule has 2 rings (SSSR count). The fraction of sp³-hybridized carbons (Fsp3) is 0.357. The molecule has 0 spiro atoms. The molecule has 0 radical (unpaired) electrons. The van der Waals surface area contributed by atoms with Gasteiger partial charge in [0.25, 0.3) is 0 Å². The number of aliphatic carboxylic acids is 1. The Hall–Kier alpha value is -2.17. The first-order chi connectivity index (χ1) is 8.89. The van der Waals surface area contributed by atoms with Gasteiger partial charge in [-0.3, -0.25) is 14.5 Å². The first-order valence-corrected chi connectivity index (χ1v) is 6.05. The summed E-state index contributed by atoms with van der Waals surface area (Å²) in [7, 11) is 0. The monoisotopic (exact) mass is 261 g/mol. The number of rotatable bonds is 3. The van der Waals surface area contributed by atoms with Crippen molar-refractivity contribution in [3.8, 4) is 0 Å². The second-order valence-electron chi connectivity index (χ2n) is 4.92. The maximum Gasteiger partial charge on any atom is 0.334 e. The second kappa shape index (κ2) is 4.50. The quantitative estimate of drug-likeness (QED) is 0.834. The Kier molecular flexibility index (Phi) is 3.14. The van der Waals surface area contributed by atoms with E-state index in [9.17, 15) is 19.5 Å². The van der Waals surface area contributed by atoms with E-state index in [4.69, 9.17) is 0 Å². The van der Waals surface area contributed by atoms with Crippen LogP contribution in [0, 0.1) is 5.92 Å². The van der Waals surface area contributed by atoms with E-state index in [1.54, 1.807) is 37.3 Å². The van der Waals surface area contributed by atoms with Crippen molar-refractivity contribution in [3.05, 3.63) is 35.9 Å². The molecular formula is C14H15NO4. The van der Waals surface area contributed by atoms with E-state index in [1.807, 2.05) is 0 Å². The van der Waals surface area contributed by atoms with E-state index in [0.717, 1.165) is 4.90 Å². The molecule has 1 saturated heterocycles. The highest BCUT2D eigenvalue weighted by molar-refractivity contribution is 6.07. The highest BCUT2D eigenvalue weighted by atomic mass is 16.4. The van der Waals surface area contributed by atoms with Gasteiger partial charge in [0.15, 0.2) is 5.54 Å². The molecule has 5 heteroatoms. The number of hydrogen-bond donors (Lipinski definition) is 1. The van der Waals surface area contributed by atoms with Crippen LogP contribution < -0.4 is 0 Å². The molecule has 1 aliphatic rings. The van der Waals surface area contributed by atoms with Crippen LogP contribution in [0.15, 0.2) is 30.3 Å². The first kappa shape index (κ1) is 13.3. The van der Waals surface area contributed by atoms with E-state index in [-0.39, 0.29) is 6.42 Å². The Morgan fingerprint density at radius 2 is 1.89 bits per heavy atom. The Bertz CT molecular complexity index is 540. The summed E-state index contributed by atoms with van der Waals surface area (Å²) in [5.41, 5.74) is -1.24. The van der Waals surface area contributed by atoms with Crippen molar-refractivity contribution in [1.82, 2.24) is 4.90 Å². The molecular weight excluding hydrogens is 246 g/mol. The summed E-state index contributed by atoms with van der Waals surface area (Å²) >= 11 is 0. The van der Waals surface area contributed by atoms with Gasteiger partial charge in [-0.25, -0.2) is 4.79 Å². The van der Waals surface area contributed by atoms with Gasteiger partial charge in [0.2, 0.25) is 11.8 Å². The van der Waals surface area contributed by atoms with Crippen LogP contribution in [0.1, 0.15) is 25.8 Å². The summed E-state index contributed by atoms with van der Waals surface area (Å²) in [4.78, 5) is 36.6. The molecule has 19 heavy (non-hydrogen) atoms. The van der Waals surface area contributed by atoms with Gasteiger partial charge >= 0.3 is 5.97 Å². The average molecular weight is 261 g/mol. The zero-order valence-electron chi connectivity index (χ0n) is 10.8. The van der Waals surface area contributed by atoms with Crippen molar-refractivity contribution in [1.29, 1.82) is 0 Å². The first-order valence-electron chi connectivity index (χ1n) is 6.05. The number of likely N-dealkylation sites (tertiary alicyclic amines) is 1. The summed E-state index contributed by atoms with van der Waals surface area (Å²) in [5.74, 6) is -2.55. The molecule has 1 heterocycles. The zero-order chi connectivity index (χ0) is 14.2. The van der Waals surface area contributed by atoms with Gasteiger partial charge in [0.05, 0.1) is 0 Å². The second-order valence-corrected chi connectivity index (χ2v) is 4.92. The highest BCUT2D eigenvalue weighted by Crippen LogP contribution is 2.35. The summed E-state index contributed by atoms with van der Waals surface area (Å²) in [6.45, 7) is 3.02. The summed E-state index contributed by atoms with van der Waals surface area (Å²) in [5, 5.41) is 9.52. The van der Waals surface area contributed by atoms with Gasteiger partial charge in [-0.15, -0.1) is 0 Å². The highest BCUT2D eigenvalue weighted by Gasteiger charge is 2.51. The normalized spacial score (nSPS) is 22.4. The molecule has 0 aliphatic carbocycles. The average Bonchev–Trinajstić information content (AvgIpc) is 2.63. The minimum absolute atomic E-state index is 0.0640. The minimum atomic E-state index is -1.65. The van der Waals surface area contributed by atoms with Crippen LogP contribution in [0.3, 0.4) is 0 Å². The third-order valence-electron chi connectivity index (χ3n) is 3.57. The molecule has 0 saturated carbocycles. The summed E-state index contributed by atoms with van der Waals surface area (Å²) in [6.07, 6.45) is 0.0640. The number of hydrogen-bond acceptors (Lipinski definition) is 3. The van der Waals surface area contributed by atoms with Crippen molar-refractivity contribution in [2.75, 3.05) is 0 Å². The van der Waals surface area contributed by atoms with E-state index >= 15 is 0 Å². The molecule has 0 bridgehead atoms. The number of carbonyl (C=O) groups is 3. The lowest BCUT2D eigenvalue weighted by Gasteiger charge is -2.34. The van der Waals surface area contributed by atoms with Crippen LogP contribution in [-0.4, -0.2) is 27.8 Å². The van der Waals surface area contributed by atoms with Crippen molar-refractivity contribution in [3.63, 3.8) is 0 Å². The third kappa shape index (κ3) is 1.91. The molecule has 1 aromatic carbocycles. The van der Waals surface area contributed by atoms with Gasteiger partial charge in [-0.2, -0.15) is 0 Å². The van der Waals surface area contributed by atoms with Gasteiger partial charge < -0.3 is 5.11 Å². The van der Waals surface area contributed by atoms with Crippen molar-refractivity contribution in [2.24, 2.45) is 5.92 Å². The van der Waals surface area contributed by atoms with Gasteiger partial charge in [-0.05, 0) is 12.5 Å². The van der Waals surface area contributed by atoms with Crippen molar-refractivity contribution < 1.29 is 19.5 Å². The molecule has 1 fully saturated rings. The number of imide groups is 1. The number of amides is 2. The number of benzene rings is 1. The molecule has 1 N–H and O–H groups in total. The van der Waals surface area contributed by atoms with Crippen LogP contribution in [0.5, 0.6) is 0 Å². The number of nitrogens with zero attached hydrogens (tertiary/aromatic N) is 1. The largest absolute Gasteiger partial charge is 0.479 e. The zero-order valence-corrected chi connectivity index (χ0v) is 10.8. The fourth-order valence-electron chi connectivity index (χ4n) is 2.36. The van der Waals surface area contributed by atoms with Gasteiger partial charge in [0, 0.05) is 12.3 Å². The Labute approximate surface area is 110 Å². The Balaban J connectivity index is 2.56. The van der Waals surface area contributed by atoms with Crippen LogP contribution in [0.25, 0.3) is 0 Å². The molecule has 5 nitrogen and oxygen atoms in total. The Morgan fingerprint density at radius 3 is 2.32 bits per heavy atom. The third-order valence-corrected chi connectivity index (χ3v) is 3.57. The number of carboxylic acids is 1. The summed E-state index contributed by atoms with van der Waals surface area (Å²) in [6, 6.07) is 8.34. The van der Waals surface area contributed by atoms with Gasteiger partial charge in [0.1, 0.15) is 0 Å². The predicted molar refractivity (Wildman–Crippen MR) is 67.1 cm³/mol. The smallest absolute Gasteiger partial charge is 0.334 e. The maximum absolute atomic E-state index is 12.1. The number of carbonyl (C=O) groups excluding carboxylic acids is 2. The standard InChI is InChI=1S/C14H15NO4/c1-9-8-11(16)15(12(9)17)14(2,13(18)19)10-6-4-3-5-7-10/h3-7,9H,8H2,1-2H3,(H,18,19). The fourth-order valence-corrected chi connectivity index (χ4v) is 2.36. The van der Waals surface area contributed by atoms with E-state index in [2.05, 4.69) is 0 Å². The topological polar surface area (TPSA) is 74.7 Å². The van der Waals surface area contributed by atoms with Crippen molar-refractivity contribution >= 4 is 17.8 Å². The SMILES string of the molecule is CC1CC(=O)N(C(C)(C(=O)O)c2ccccc2)C1=O. The van der Waals surface area contributed by atoms with Crippen molar-refractivity contribution in [2.45, 2.75) is 25.8 Å². The molecule has 0 aromatic heterocycles. The summed E-state index contributed by atoms with van der Waals surface area (Å²) < 4.78 is 0. The van der Waals surface area contributed by atoms with Crippen LogP contribution in [0.2, 0.25) is 0 Å². The maximum atomic E-state index is 12.1. The number of carboxylic acid groups (broad SMARTS) is 1. The lowest BCUT2D eigenvalue weighted by molar-refractivity contribution is -0.163. The minimum Gasteiger partial charge on any atom is -0.479 e. The predicted octanol–water partition coefficient (Wildman–Crippen LogP) is 1.38. The molecule has 2 atom stereocenters. The lowest BCUT2D eigenvalue weighted by atomic mass is 9.90. The molecule has 1 aliphatic heterocycles. The van der Waals surface area contributed by atoms with Crippen LogP contribution in [-0.2, 0) is 19.9 Å². The van der Waals surface area contributed by atoms with Crippen LogP contribution in [0.4, 0.5) is 0 Å². The van der Waals surface area contributed by atoms with E-state index in [0.29, 0.717) is 5.56 Å².